The first-order valence-corrected chi connectivity index (χ1v) is 6.67. The molecular formula is C14H14BrNO3. The summed E-state index contributed by atoms with van der Waals surface area (Å²) in [7, 11) is 0. The van der Waals surface area contributed by atoms with Crippen molar-refractivity contribution < 1.29 is 14.3 Å². The molecule has 1 atom stereocenters. The number of carbonyl (C=O) groups is 1. The topological polar surface area (TPSA) is 62.5 Å². The number of phenolic OH excluding ortho intramolecular Hbond substituents is 1. The normalized spacial score (nSPS) is 12.1. The number of furan rings is 1. The molecule has 0 bridgehead atoms. The van der Waals surface area contributed by atoms with E-state index in [4.69, 9.17) is 4.42 Å². The molecule has 0 fully saturated rings. The fraction of sp³-hybridized carbons (Fsp3) is 0.214. The number of phenols is 1. The molecule has 0 aliphatic rings. The lowest BCUT2D eigenvalue weighted by molar-refractivity contribution is 0.0936. The van der Waals surface area contributed by atoms with Gasteiger partial charge in [0.05, 0.1) is 11.8 Å². The van der Waals surface area contributed by atoms with Gasteiger partial charge >= 0.3 is 0 Å². The van der Waals surface area contributed by atoms with Gasteiger partial charge < -0.3 is 14.8 Å². The molecule has 19 heavy (non-hydrogen) atoms. The van der Waals surface area contributed by atoms with Crippen LogP contribution in [0.3, 0.4) is 0 Å². The molecule has 0 spiro atoms. The maximum atomic E-state index is 12.0. The first-order chi connectivity index (χ1) is 9.06. The third kappa shape index (κ3) is 3.61. The molecule has 0 saturated heterocycles. The molecule has 2 aromatic rings. The third-order valence-corrected chi connectivity index (χ3v) is 3.16. The minimum atomic E-state index is -0.302. The standard InChI is InChI=1S/C14H14BrNO3/c1-9(7-11-3-2-6-19-11)16-14(18)12-5-4-10(15)8-13(12)17/h2-6,8-9,17H,7H2,1H3,(H,16,18). The highest BCUT2D eigenvalue weighted by atomic mass is 79.9. The van der Waals surface area contributed by atoms with E-state index in [9.17, 15) is 9.90 Å². The summed E-state index contributed by atoms with van der Waals surface area (Å²) in [5, 5.41) is 12.5. The Morgan fingerprint density at radius 3 is 2.89 bits per heavy atom. The van der Waals surface area contributed by atoms with E-state index in [1.54, 1.807) is 18.4 Å². The SMILES string of the molecule is CC(Cc1ccco1)NC(=O)c1ccc(Br)cc1O. The Morgan fingerprint density at radius 1 is 1.47 bits per heavy atom. The minimum absolute atomic E-state index is 0.0444. The van der Waals surface area contributed by atoms with Crippen molar-refractivity contribution in [1.29, 1.82) is 0 Å². The second-order valence-electron chi connectivity index (χ2n) is 4.32. The largest absolute Gasteiger partial charge is 0.507 e. The molecule has 0 saturated carbocycles. The minimum Gasteiger partial charge on any atom is -0.507 e. The van der Waals surface area contributed by atoms with Crippen LogP contribution in [0.2, 0.25) is 0 Å². The van der Waals surface area contributed by atoms with Crippen molar-refractivity contribution in [1.82, 2.24) is 5.32 Å². The second kappa shape index (κ2) is 5.93. The molecule has 1 amide bonds. The molecule has 2 rings (SSSR count). The van der Waals surface area contributed by atoms with Crippen molar-refractivity contribution >= 4 is 21.8 Å². The molecule has 2 N–H and O–H groups in total. The van der Waals surface area contributed by atoms with Gasteiger partial charge in [-0.3, -0.25) is 4.79 Å². The molecule has 4 nitrogen and oxygen atoms in total. The van der Waals surface area contributed by atoms with E-state index in [0.29, 0.717) is 6.42 Å². The van der Waals surface area contributed by atoms with E-state index in [1.807, 2.05) is 19.1 Å². The van der Waals surface area contributed by atoms with Gasteiger partial charge in [-0.05, 0) is 37.3 Å². The summed E-state index contributed by atoms with van der Waals surface area (Å²) >= 11 is 3.23. The number of hydrogen-bond acceptors (Lipinski definition) is 3. The number of nitrogens with one attached hydrogen (secondary N) is 1. The van der Waals surface area contributed by atoms with Crippen LogP contribution in [-0.4, -0.2) is 17.1 Å². The van der Waals surface area contributed by atoms with Gasteiger partial charge in [0, 0.05) is 16.9 Å². The van der Waals surface area contributed by atoms with Crippen molar-refractivity contribution in [2.75, 3.05) is 0 Å². The third-order valence-electron chi connectivity index (χ3n) is 2.67. The summed E-state index contributed by atoms with van der Waals surface area (Å²) in [4.78, 5) is 12.0. The van der Waals surface area contributed by atoms with Gasteiger partial charge in [-0.2, -0.15) is 0 Å². The van der Waals surface area contributed by atoms with Gasteiger partial charge in [0.2, 0.25) is 0 Å². The highest BCUT2D eigenvalue weighted by Gasteiger charge is 2.14. The van der Waals surface area contributed by atoms with Crippen LogP contribution in [0.15, 0.2) is 45.5 Å². The highest BCUT2D eigenvalue weighted by Crippen LogP contribution is 2.22. The molecule has 1 aromatic heterocycles. The maximum absolute atomic E-state index is 12.0. The van der Waals surface area contributed by atoms with Crippen molar-refractivity contribution in [2.24, 2.45) is 0 Å². The van der Waals surface area contributed by atoms with Gasteiger partial charge in [0.1, 0.15) is 11.5 Å². The summed E-state index contributed by atoms with van der Waals surface area (Å²) in [5.41, 5.74) is 0.259. The molecule has 0 radical (unpaired) electrons. The van der Waals surface area contributed by atoms with Gasteiger partial charge in [0.15, 0.2) is 0 Å². The van der Waals surface area contributed by atoms with Crippen molar-refractivity contribution in [3.63, 3.8) is 0 Å². The monoisotopic (exact) mass is 323 g/mol. The van der Waals surface area contributed by atoms with Crippen LogP contribution in [0.5, 0.6) is 5.75 Å². The number of rotatable bonds is 4. The lowest BCUT2D eigenvalue weighted by atomic mass is 10.1. The second-order valence-corrected chi connectivity index (χ2v) is 5.24. The van der Waals surface area contributed by atoms with Crippen molar-refractivity contribution in [3.8, 4) is 5.75 Å². The van der Waals surface area contributed by atoms with E-state index in [0.717, 1.165) is 10.2 Å². The molecule has 0 aliphatic carbocycles. The van der Waals surface area contributed by atoms with E-state index < -0.39 is 0 Å². The number of benzene rings is 1. The molecule has 100 valence electrons. The van der Waals surface area contributed by atoms with E-state index in [1.165, 1.54) is 6.07 Å². The zero-order valence-electron chi connectivity index (χ0n) is 10.4. The van der Waals surface area contributed by atoms with Gasteiger partial charge in [-0.25, -0.2) is 0 Å². The number of amides is 1. The Hall–Kier alpha value is -1.75. The van der Waals surface area contributed by atoms with Crippen LogP contribution in [0, 0.1) is 0 Å². The first kappa shape index (κ1) is 13.7. The van der Waals surface area contributed by atoms with Crippen LogP contribution in [0.4, 0.5) is 0 Å². The lowest BCUT2D eigenvalue weighted by Gasteiger charge is -2.13. The summed E-state index contributed by atoms with van der Waals surface area (Å²) in [6, 6.07) is 8.37. The van der Waals surface area contributed by atoms with Crippen LogP contribution in [0.1, 0.15) is 23.0 Å². The molecule has 1 aromatic carbocycles. The van der Waals surface area contributed by atoms with E-state index >= 15 is 0 Å². The fourth-order valence-corrected chi connectivity index (χ4v) is 2.13. The van der Waals surface area contributed by atoms with Crippen LogP contribution >= 0.6 is 15.9 Å². The van der Waals surface area contributed by atoms with Crippen molar-refractivity contribution in [2.45, 2.75) is 19.4 Å². The zero-order valence-corrected chi connectivity index (χ0v) is 12.0. The summed E-state index contributed by atoms with van der Waals surface area (Å²) in [6.45, 7) is 1.89. The number of halogens is 1. The fourth-order valence-electron chi connectivity index (χ4n) is 1.78. The molecule has 0 aliphatic heterocycles. The number of carbonyl (C=O) groups excluding carboxylic acids is 1. The van der Waals surface area contributed by atoms with Crippen LogP contribution in [0.25, 0.3) is 0 Å². The highest BCUT2D eigenvalue weighted by molar-refractivity contribution is 9.10. The van der Waals surface area contributed by atoms with Crippen molar-refractivity contribution in [3.05, 3.63) is 52.4 Å². The molecular weight excluding hydrogens is 310 g/mol. The smallest absolute Gasteiger partial charge is 0.255 e. The summed E-state index contributed by atoms with van der Waals surface area (Å²) in [6.07, 6.45) is 2.21. The number of hydrogen-bond donors (Lipinski definition) is 2. The maximum Gasteiger partial charge on any atom is 0.255 e. The summed E-state index contributed by atoms with van der Waals surface area (Å²) < 4.78 is 5.95. The average Bonchev–Trinajstić information content (AvgIpc) is 2.81. The predicted octanol–water partition coefficient (Wildman–Crippen LogP) is 3.11. The number of aromatic hydroxyl groups is 1. The van der Waals surface area contributed by atoms with Crippen LogP contribution in [-0.2, 0) is 6.42 Å². The summed E-state index contributed by atoms with van der Waals surface area (Å²) in [5.74, 6) is 0.467. The lowest BCUT2D eigenvalue weighted by Crippen LogP contribution is -2.34. The molecule has 1 heterocycles. The molecule has 1 unspecified atom stereocenters. The van der Waals surface area contributed by atoms with Gasteiger partial charge in [-0.1, -0.05) is 15.9 Å². The Morgan fingerprint density at radius 2 is 2.26 bits per heavy atom. The predicted molar refractivity (Wildman–Crippen MR) is 75.1 cm³/mol. The molecule has 5 heteroatoms. The van der Waals surface area contributed by atoms with E-state index in [2.05, 4.69) is 21.2 Å². The van der Waals surface area contributed by atoms with Gasteiger partial charge in [-0.15, -0.1) is 0 Å². The van der Waals surface area contributed by atoms with Crippen LogP contribution < -0.4 is 5.32 Å². The van der Waals surface area contributed by atoms with Gasteiger partial charge in [0.25, 0.3) is 5.91 Å². The average molecular weight is 324 g/mol. The van der Waals surface area contributed by atoms with E-state index in [-0.39, 0.29) is 23.3 Å². The Labute approximate surface area is 119 Å². The Balaban J connectivity index is 2.00. The Kier molecular flexibility index (Phi) is 4.27. The Bertz CT molecular complexity index is 566. The quantitative estimate of drug-likeness (QED) is 0.908. The zero-order chi connectivity index (χ0) is 13.8. The first-order valence-electron chi connectivity index (χ1n) is 5.88.